The van der Waals surface area contributed by atoms with Crippen molar-refractivity contribution in [3.8, 4) is 0 Å². The first kappa shape index (κ1) is 14.5. The smallest absolute Gasteiger partial charge is 0.318 e. The lowest BCUT2D eigenvalue weighted by Gasteiger charge is -2.04. The van der Waals surface area contributed by atoms with Gasteiger partial charge < -0.3 is 14.6 Å². The number of hydrogen-bond donors (Lipinski definition) is 1. The van der Waals surface area contributed by atoms with Gasteiger partial charge in [0.25, 0.3) is 0 Å². The van der Waals surface area contributed by atoms with Crippen molar-refractivity contribution in [3.05, 3.63) is 0 Å². The lowest BCUT2D eigenvalue weighted by molar-refractivity contribution is -0.142. The molecule has 1 unspecified atom stereocenters. The van der Waals surface area contributed by atoms with E-state index in [1.165, 1.54) is 0 Å². The first-order chi connectivity index (χ1) is 7.20. The van der Waals surface area contributed by atoms with Crippen LogP contribution in [-0.4, -0.2) is 53.2 Å². The summed E-state index contributed by atoms with van der Waals surface area (Å²) in [5, 5.41) is 8.46. The fraction of sp³-hybridized carbons (Fsp3) is 0.889. The van der Waals surface area contributed by atoms with Gasteiger partial charge in [-0.05, 0) is 6.42 Å². The topological polar surface area (TPSA) is 72.8 Å². The molecule has 0 heterocycles. The van der Waals surface area contributed by atoms with Crippen LogP contribution in [0.3, 0.4) is 0 Å². The minimum atomic E-state index is -1.32. The van der Waals surface area contributed by atoms with E-state index in [9.17, 15) is 9.00 Å². The highest BCUT2D eigenvalue weighted by Crippen LogP contribution is 1.87. The number of esters is 1. The van der Waals surface area contributed by atoms with Crippen LogP contribution in [0.2, 0.25) is 0 Å². The third kappa shape index (κ3) is 9.84. The zero-order valence-electron chi connectivity index (χ0n) is 8.94. The molecule has 15 heavy (non-hydrogen) atoms. The van der Waals surface area contributed by atoms with Gasteiger partial charge in [0.1, 0.15) is 12.4 Å². The Balaban J connectivity index is 3.37. The van der Waals surface area contributed by atoms with Crippen LogP contribution in [0.15, 0.2) is 0 Å². The molecule has 0 amide bonds. The summed E-state index contributed by atoms with van der Waals surface area (Å²) in [5.74, 6) is -0.558. The molecule has 0 aliphatic rings. The molecule has 0 fully saturated rings. The molecule has 90 valence electrons. The molecule has 0 bridgehead atoms. The molecule has 0 spiro atoms. The first-order valence-corrected chi connectivity index (χ1v) is 6.38. The van der Waals surface area contributed by atoms with Crippen molar-refractivity contribution in [2.24, 2.45) is 0 Å². The molecule has 0 aliphatic carbocycles. The summed E-state index contributed by atoms with van der Waals surface area (Å²) in [5.41, 5.74) is 0. The third-order valence-corrected chi connectivity index (χ3v) is 2.63. The number of aliphatic hydroxyl groups is 1. The van der Waals surface area contributed by atoms with Crippen LogP contribution < -0.4 is 0 Å². The van der Waals surface area contributed by atoms with E-state index in [0.717, 1.165) is 6.42 Å². The average Bonchev–Trinajstić information content (AvgIpc) is 2.17. The molecule has 0 saturated heterocycles. The molecular formula is C9H18O5S. The standard InChI is InChI=1S/C9H18O5S/c1-2-4-13-5-6-14-9(11)8-15(12)7-3-10/h10H,2-8H2,1H3. The molecule has 6 heteroatoms. The lowest BCUT2D eigenvalue weighted by atomic mass is 10.5. The minimum absolute atomic E-state index is 0.113. The van der Waals surface area contributed by atoms with E-state index >= 15 is 0 Å². The van der Waals surface area contributed by atoms with Crippen molar-refractivity contribution in [1.29, 1.82) is 0 Å². The molecule has 1 atom stereocenters. The van der Waals surface area contributed by atoms with Crippen LogP contribution in [-0.2, 0) is 25.1 Å². The van der Waals surface area contributed by atoms with Gasteiger partial charge >= 0.3 is 5.97 Å². The van der Waals surface area contributed by atoms with Crippen LogP contribution in [0, 0.1) is 0 Å². The molecular weight excluding hydrogens is 220 g/mol. The van der Waals surface area contributed by atoms with Gasteiger partial charge in [0, 0.05) is 23.2 Å². The van der Waals surface area contributed by atoms with Gasteiger partial charge in [-0.25, -0.2) is 0 Å². The third-order valence-electron chi connectivity index (χ3n) is 1.44. The van der Waals surface area contributed by atoms with Gasteiger partial charge in [-0.1, -0.05) is 6.92 Å². The van der Waals surface area contributed by atoms with Crippen molar-refractivity contribution in [2.45, 2.75) is 13.3 Å². The van der Waals surface area contributed by atoms with Gasteiger partial charge in [0.2, 0.25) is 0 Å². The Bertz CT molecular complexity index is 195. The number of carbonyl (C=O) groups is 1. The van der Waals surface area contributed by atoms with Crippen LogP contribution in [0.4, 0.5) is 0 Å². The molecule has 5 nitrogen and oxygen atoms in total. The monoisotopic (exact) mass is 238 g/mol. The number of rotatable bonds is 9. The summed E-state index contributed by atoms with van der Waals surface area (Å²) in [6.07, 6.45) is 0.925. The quantitative estimate of drug-likeness (QED) is 0.441. The highest BCUT2D eigenvalue weighted by Gasteiger charge is 2.08. The van der Waals surface area contributed by atoms with Gasteiger partial charge in [-0.3, -0.25) is 9.00 Å². The lowest BCUT2D eigenvalue weighted by Crippen LogP contribution is -2.19. The highest BCUT2D eigenvalue weighted by molar-refractivity contribution is 7.85. The summed E-state index contributed by atoms with van der Waals surface area (Å²) in [4.78, 5) is 11.0. The van der Waals surface area contributed by atoms with Crippen LogP contribution in [0.25, 0.3) is 0 Å². The number of aliphatic hydroxyl groups excluding tert-OH is 1. The van der Waals surface area contributed by atoms with Crippen LogP contribution in [0.1, 0.15) is 13.3 Å². The summed E-state index contributed by atoms with van der Waals surface area (Å²) < 4.78 is 20.9. The summed E-state index contributed by atoms with van der Waals surface area (Å²) in [6.45, 7) is 3.01. The van der Waals surface area contributed by atoms with Crippen molar-refractivity contribution in [2.75, 3.05) is 37.9 Å². The second-order valence-corrected chi connectivity index (χ2v) is 4.42. The predicted octanol–water partition coefficient (Wildman–Crippen LogP) is -0.303. The fourth-order valence-electron chi connectivity index (χ4n) is 0.808. The minimum Gasteiger partial charge on any atom is -0.463 e. The second-order valence-electron chi connectivity index (χ2n) is 2.84. The Kier molecular flexibility index (Phi) is 9.76. The van der Waals surface area contributed by atoms with E-state index in [2.05, 4.69) is 0 Å². The molecule has 0 aromatic rings. The number of hydrogen-bond acceptors (Lipinski definition) is 5. The Hall–Kier alpha value is -0.460. The van der Waals surface area contributed by atoms with E-state index in [0.29, 0.717) is 13.2 Å². The molecule has 1 N–H and O–H groups in total. The van der Waals surface area contributed by atoms with Crippen molar-refractivity contribution in [1.82, 2.24) is 0 Å². The van der Waals surface area contributed by atoms with Crippen LogP contribution in [0.5, 0.6) is 0 Å². The van der Waals surface area contributed by atoms with Crippen molar-refractivity contribution < 1.29 is 23.6 Å². The maximum Gasteiger partial charge on any atom is 0.318 e. The number of carbonyl (C=O) groups excluding carboxylic acids is 1. The Morgan fingerprint density at radius 3 is 2.67 bits per heavy atom. The van der Waals surface area contributed by atoms with Crippen LogP contribution >= 0.6 is 0 Å². The van der Waals surface area contributed by atoms with E-state index in [1.54, 1.807) is 0 Å². The number of ether oxygens (including phenoxy) is 2. The molecule has 0 aromatic carbocycles. The zero-order chi connectivity index (χ0) is 11.5. The van der Waals surface area contributed by atoms with Gasteiger partial charge in [0.05, 0.1) is 13.2 Å². The molecule has 0 radical (unpaired) electrons. The van der Waals surface area contributed by atoms with E-state index < -0.39 is 16.8 Å². The Morgan fingerprint density at radius 1 is 1.33 bits per heavy atom. The predicted molar refractivity (Wildman–Crippen MR) is 57.0 cm³/mol. The van der Waals surface area contributed by atoms with E-state index in [4.69, 9.17) is 14.6 Å². The summed E-state index contributed by atoms with van der Waals surface area (Å²) >= 11 is 0. The average molecular weight is 238 g/mol. The summed E-state index contributed by atoms with van der Waals surface area (Å²) in [7, 11) is -1.32. The molecule has 0 rings (SSSR count). The molecule has 0 aliphatic heterocycles. The van der Waals surface area contributed by atoms with E-state index in [1.807, 2.05) is 6.92 Å². The maximum atomic E-state index is 11.0. The molecule has 0 saturated carbocycles. The fourth-order valence-corrected chi connectivity index (χ4v) is 1.50. The van der Waals surface area contributed by atoms with Crippen molar-refractivity contribution in [3.63, 3.8) is 0 Å². The van der Waals surface area contributed by atoms with Gasteiger partial charge in [-0.2, -0.15) is 0 Å². The second kappa shape index (κ2) is 10.1. The van der Waals surface area contributed by atoms with Gasteiger partial charge in [0.15, 0.2) is 0 Å². The zero-order valence-corrected chi connectivity index (χ0v) is 9.75. The Morgan fingerprint density at radius 2 is 2.07 bits per heavy atom. The van der Waals surface area contributed by atoms with Crippen molar-refractivity contribution >= 4 is 16.8 Å². The molecule has 0 aromatic heterocycles. The first-order valence-electron chi connectivity index (χ1n) is 4.90. The van der Waals surface area contributed by atoms with E-state index in [-0.39, 0.29) is 24.7 Å². The highest BCUT2D eigenvalue weighted by atomic mass is 32.2. The normalized spacial score (nSPS) is 12.4. The van der Waals surface area contributed by atoms with Gasteiger partial charge in [-0.15, -0.1) is 0 Å². The SMILES string of the molecule is CCCOCCOC(=O)CS(=O)CCO. The largest absolute Gasteiger partial charge is 0.463 e. The Labute approximate surface area is 92.2 Å². The summed E-state index contributed by atoms with van der Waals surface area (Å²) in [6, 6.07) is 0. The maximum absolute atomic E-state index is 11.0.